The first-order chi connectivity index (χ1) is 18.4. The Morgan fingerprint density at radius 1 is 0.632 bits per heavy atom. The van der Waals surface area contributed by atoms with Crippen LogP contribution in [-0.4, -0.2) is 175 Å². The maximum Gasteiger partial charge on any atom is 0.143 e. The zero-order chi connectivity index (χ0) is 27.8. The monoisotopic (exact) mass is 550 g/mol. The first-order valence-electron chi connectivity index (χ1n) is 14.0. The number of carbonyl (C=O) groups excluding carboxylic acids is 4. The van der Waals surface area contributed by atoms with Crippen molar-refractivity contribution < 1.29 is 19.2 Å². The average Bonchev–Trinajstić information content (AvgIpc) is 2.92. The number of carbonyl (C=O) groups is 4. The van der Waals surface area contributed by atoms with E-state index >= 15 is 0 Å². The van der Waals surface area contributed by atoms with Gasteiger partial charge in [-0.25, -0.2) is 0 Å². The van der Waals surface area contributed by atoms with E-state index in [1.165, 1.54) is 0 Å². The molecule has 4 fully saturated rings. The van der Waals surface area contributed by atoms with E-state index in [1.807, 2.05) is 0 Å². The van der Waals surface area contributed by atoms with Crippen molar-refractivity contribution in [1.82, 2.24) is 40.9 Å². The van der Waals surface area contributed by atoms with Crippen LogP contribution in [-0.2, 0) is 19.2 Å². The molecule has 0 bridgehead atoms. The molecule has 220 valence electrons. The summed E-state index contributed by atoms with van der Waals surface area (Å²) in [6.45, 7) is 22.0. The summed E-state index contributed by atoms with van der Waals surface area (Å²) >= 11 is 0. The van der Waals surface area contributed by atoms with Crippen molar-refractivity contribution in [3.05, 3.63) is 0 Å². The lowest BCUT2D eigenvalue weighted by Crippen LogP contribution is -2.45. The Labute approximate surface area is 229 Å². The largest absolute Gasteiger partial charge is 0.314 e. The minimum atomic E-state index is 0.266. The summed E-state index contributed by atoms with van der Waals surface area (Å²) in [6.07, 6.45) is 1.93. The molecule has 0 aromatic heterocycles. The number of piperazine rings is 4. The number of hydrogen-bond acceptors (Lipinski definition) is 12. The second-order valence-electron chi connectivity index (χ2n) is 9.89. The highest BCUT2D eigenvalue weighted by atomic mass is 18.1. The number of hydrogen-bond donors (Lipinski definition) is 4. The molecular formula is C26H52N8O4. The Kier molecular flexibility index (Phi) is 21.1. The lowest BCUT2D eigenvalue weighted by molar-refractivity contribution is -0.119. The molecule has 0 aliphatic carbocycles. The van der Waals surface area contributed by atoms with Crippen LogP contribution < -0.4 is 21.3 Å². The fourth-order valence-corrected chi connectivity index (χ4v) is 4.37. The van der Waals surface area contributed by atoms with E-state index in [1.54, 1.807) is 13.8 Å². The van der Waals surface area contributed by atoms with Crippen LogP contribution in [0.3, 0.4) is 0 Å². The average molecular weight is 551 g/mol. The summed E-state index contributed by atoms with van der Waals surface area (Å²) in [5, 5.41) is 12.9. The van der Waals surface area contributed by atoms with Gasteiger partial charge in [-0.05, 0) is 13.8 Å². The van der Waals surface area contributed by atoms with Gasteiger partial charge in [0.25, 0.3) is 0 Å². The first kappa shape index (κ1) is 34.4. The minimum absolute atomic E-state index is 0.266. The quantitative estimate of drug-likeness (QED) is 0.107. The predicted octanol–water partition coefficient (Wildman–Crippen LogP) is -2.86. The fourth-order valence-electron chi connectivity index (χ4n) is 4.37. The van der Waals surface area contributed by atoms with Crippen LogP contribution in [0.4, 0.5) is 0 Å². The molecule has 0 aromatic rings. The molecule has 0 aromatic carbocycles. The van der Waals surface area contributed by atoms with Gasteiger partial charge in [0.15, 0.2) is 0 Å². The zero-order valence-electron chi connectivity index (χ0n) is 23.7. The third-order valence-corrected chi connectivity index (χ3v) is 6.40. The number of Topliss-reactive ketones (excluding diaryl/α,β-unsaturated/α-hetero) is 2. The highest BCUT2D eigenvalue weighted by Gasteiger charge is 2.11. The molecule has 4 N–H and O–H groups in total. The first-order valence-corrected chi connectivity index (χ1v) is 14.0. The maximum absolute atomic E-state index is 10.6. The molecule has 0 unspecified atom stereocenters. The molecule has 4 aliphatic rings. The Morgan fingerprint density at radius 2 is 0.974 bits per heavy atom. The van der Waals surface area contributed by atoms with E-state index in [0.717, 1.165) is 117 Å². The molecule has 0 saturated carbocycles. The van der Waals surface area contributed by atoms with Gasteiger partial charge in [-0.15, -0.1) is 0 Å². The summed E-state index contributed by atoms with van der Waals surface area (Å²) in [6, 6.07) is 0. The Balaban J connectivity index is 0.000000254. The summed E-state index contributed by atoms with van der Waals surface area (Å²) in [7, 11) is 0. The molecule has 4 heterocycles. The van der Waals surface area contributed by atoms with Gasteiger partial charge in [-0.1, -0.05) is 0 Å². The van der Waals surface area contributed by atoms with E-state index in [-0.39, 0.29) is 11.6 Å². The smallest absolute Gasteiger partial charge is 0.143 e. The highest BCUT2D eigenvalue weighted by molar-refractivity contribution is 5.77. The highest BCUT2D eigenvalue weighted by Crippen LogP contribution is 1.92. The molecule has 4 saturated heterocycles. The van der Waals surface area contributed by atoms with Crippen molar-refractivity contribution >= 4 is 24.1 Å². The van der Waals surface area contributed by atoms with Crippen LogP contribution in [0.15, 0.2) is 0 Å². The normalized spacial score (nSPS) is 21.3. The van der Waals surface area contributed by atoms with E-state index in [2.05, 4.69) is 40.9 Å². The van der Waals surface area contributed by atoms with Crippen molar-refractivity contribution in [3.63, 3.8) is 0 Å². The minimum Gasteiger partial charge on any atom is -0.314 e. The van der Waals surface area contributed by atoms with Crippen LogP contribution in [0.5, 0.6) is 0 Å². The van der Waals surface area contributed by atoms with Crippen molar-refractivity contribution in [2.75, 3.05) is 131 Å². The third-order valence-electron chi connectivity index (χ3n) is 6.40. The van der Waals surface area contributed by atoms with Crippen LogP contribution in [0.2, 0.25) is 0 Å². The van der Waals surface area contributed by atoms with Gasteiger partial charge in [-0.2, -0.15) is 0 Å². The van der Waals surface area contributed by atoms with Gasteiger partial charge in [0.2, 0.25) is 0 Å². The summed E-state index contributed by atoms with van der Waals surface area (Å²) < 4.78 is 0. The lowest BCUT2D eigenvalue weighted by atomic mass is 10.4. The second kappa shape index (κ2) is 23.3. The van der Waals surface area contributed by atoms with E-state index in [9.17, 15) is 19.2 Å². The van der Waals surface area contributed by atoms with Crippen molar-refractivity contribution in [3.8, 4) is 0 Å². The molecule has 38 heavy (non-hydrogen) atoms. The lowest BCUT2D eigenvalue weighted by Gasteiger charge is -2.25. The topological polar surface area (TPSA) is 129 Å². The molecule has 4 aliphatic heterocycles. The standard InChI is InChI=1S/2C7H14N2O.2C6H12N2O/c2*1-7(10)6-9-4-2-8-3-5-9;2*9-6-5-8-3-1-7-2-4-8/h2*8H,2-6H2,1H3;2*6-7H,1-5H2/i6+1,8+1,9+1;6+1,10+2;7+1,8+1;9+2. The Hall–Kier alpha value is -1.64. The summed E-state index contributed by atoms with van der Waals surface area (Å²) in [5.74, 6) is 0.531. The Bertz CT molecular complexity index is 577. The van der Waals surface area contributed by atoms with Crippen molar-refractivity contribution in [2.24, 2.45) is 0 Å². The predicted molar refractivity (Wildman–Crippen MR) is 151 cm³/mol. The molecule has 12 heteroatoms. The molecule has 0 spiro atoms. The molecule has 12 nitrogen and oxygen atoms in total. The van der Waals surface area contributed by atoms with Crippen LogP contribution in [0.1, 0.15) is 13.8 Å². The molecule has 0 radical (unpaired) electrons. The van der Waals surface area contributed by atoms with Gasteiger partial charge in [0.1, 0.15) is 24.1 Å². The zero-order valence-corrected chi connectivity index (χ0v) is 23.7. The fraction of sp³-hybridized carbons (Fsp3) is 0.846. The number of ketones is 2. The van der Waals surface area contributed by atoms with E-state index in [0.29, 0.717) is 26.2 Å². The van der Waals surface area contributed by atoms with Gasteiger partial charge in [-0.3, -0.25) is 29.2 Å². The Morgan fingerprint density at radius 3 is 1.29 bits per heavy atom. The molecule has 0 atom stereocenters. The number of rotatable bonds is 8. The molecule has 4 rings (SSSR count). The van der Waals surface area contributed by atoms with Crippen LogP contribution in [0.25, 0.3) is 0 Å². The van der Waals surface area contributed by atoms with Crippen molar-refractivity contribution in [2.45, 2.75) is 13.8 Å². The van der Waals surface area contributed by atoms with Crippen molar-refractivity contribution in [1.29, 1.82) is 0 Å². The molecular weight excluding hydrogens is 498 g/mol. The second-order valence-corrected chi connectivity index (χ2v) is 9.89. The SMILES string of the molecule is CC(=O)[13CH2][15N]1CC[15NH]CC1.CC(=[18O])[13CH2]N1CCNCC1.O=CC[15N]1CC[15NH]CC1.[18O]=CCN1CCNCC1. The number of aldehydes is 2. The maximum atomic E-state index is 10.6. The van der Waals surface area contributed by atoms with Crippen LogP contribution in [0, 0.1) is 0 Å². The van der Waals surface area contributed by atoms with Gasteiger partial charge in [0.05, 0.1) is 26.2 Å². The van der Waals surface area contributed by atoms with Crippen LogP contribution >= 0.6 is 0 Å². The van der Waals surface area contributed by atoms with Gasteiger partial charge >= 0.3 is 0 Å². The summed E-state index contributed by atoms with van der Waals surface area (Å²) in [4.78, 5) is 50.0. The number of nitrogens with one attached hydrogen (secondary N) is 4. The summed E-state index contributed by atoms with van der Waals surface area (Å²) in [5.41, 5.74) is 0. The van der Waals surface area contributed by atoms with Gasteiger partial charge < -0.3 is 30.9 Å². The van der Waals surface area contributed by atoms with E-state index in [4.69, 9.17) is 0 Å². The molecule has 0 amide bonds. The number of nitrogens with zero attached hydrogens (tertiary/aromatic N) is 4. The van der Waals surface area contributed by atoms with E-state index < -0.39 is 0 Å². The van der Waals surface area contributed by atoms with Gasteiger partial charge in [0, 0.05) is 105 Å². The third kappa shape index (κ3) is 19.4.